The molecule has 0 fully saturated rings. The zero-order valence-electron chi connectivity index (χ0n) is 14.3. The average Bonchev–Trinajstić information content (AvgIpc) is 2.71. The van der Waals surface area contributed by atoms with Crippen LogP contribution in [0.3, 0.4) is 0 Å². The highest BCUT2D eigenvalue weighted by Crippen LogP contribution is 2.40. The number of hydrogen-bond donors (Lipinski definition) is 1. The van der Waals surface area contributed by atoms with Gasteiger partial charge in [0.25, 0.3) is 0 Å². The van der Waals surface area contributed by atoms with Crippen LogP contribution in [0.1, 0.15) is 5.56 Å². The summed E-state index contributed by atoms with van der Waals surface area (Å²) in [4.78, 5) is 24.0. The third kappa shape index (κ3) is 2.56. The standard InChI is InChI=1S/C22H17NO3/c1-26-22-18-17(20(24)21(18)25)12-16(15-10-6-3-7-11-15)19(22)23-13-14-8-4-2-5-9-14/h2-12,23H,13H2,1H3. The van der Waals surface area contributed by atoms with Crippen LogP contribution in [-0.2, 0) is 6.54 Å². The minimum absolute atomic E-state index is 0.368. The summed E-state index contributed by atoms with van der Waals surface area (Å²) in [6, 6.07) is 21.5. The summed E-state index contributed by atoms with van der Waals surface area (Å²) in [5.41, 5.74) is 2.69. The Hall–Kier alpha value is -3.40. The largest absolute Gasteiger partial charge is 0.494 e. The van der Waals surface area contributed by atoms with Gasteiger partial charge in [0.1, 0.15) is 0 Å². The lowest BCUT2D eigenvalue weighted by molar-refractivity contribution is 0.421. The van der Waals surface area contributed by atoms with Gasteiger partial charge in [-0.05, 0) is 17.2 Å². The van der Waals surface area contributed by atoms with Gasteiger partial charge in [-0.25, -0.2) is 0 Å². The van der Waals surface area contributed by atoms with E-state index in [4.69, 9.17) is 4.74 Å². The second-order valence-electron chi connectivity index (χ2n) is 6.12. The molecular formula is C22H17NO3. The van der Waals surface area contributed by atoms with Crippen molar-refractivity contribution in [1.82, 2.24) is 0 Å². The summed E-state index contributed by atoms with van der Waals surface area (Å²) in [7, 11) is 1.52. The molecule has 4 nitrogen and oxygen atoms in total. The van der Waals surface area contributed by atoms with Crippen LogP contribution in [0.15, 0.2) is 76.3 Å². The monoisotopic (exact) mass is 343 g/mol. The Labute approximate surface area is 150 Å². The van der Waals surface area contributed by atoms with E-state index in [9.17, 15) is 9.59 Å². The fourth-order valence-corrected chi connectivity index (χ4v) is 3.25. The van der Waals surface area contributed by atoms with Crippen molar-refractivity contribution in [2.45, 2.75) is 6.54 Å². The molecule has 128 valence electrons. The van der Waals surface area contributed by atoms with Crippen LogP contribution in [0, 0.1) is 0 Å². The van der Waals surface area contributed by atoms with Crippen molar-refractivity contribution >= 4 is 16.5 Å². The predicted octanol–water partition coefficient (Wildman–Crippen LogP) is 3.72. The molecule has 0 bridgehead atoms. The van der Waals surface area contributed by atoms with Crippen molar-refractivity contribution in [3.05, 3.63) is 92.7 Å². The molecule has 0 radical (unpaired) electrons. The molecule has 0 atom stereocenters. The number of nitrogens with one attached hydrogen (secondary N) is 1. The molecule has 0 saturated heterocycles. The fraction of sp³-hybridized carbons (Fsp3) is 0.0909. The molecule has 0 heterocycles. The van der Waals surface area contributed by atoms with Crippen molar-refractivity contribution in [2.75, 3.05) is 12.4 Å². The van der Waals surface area contributed by atoms with E-state index in [-0.39, 0.29) is 0 Å². The summed E-state index contributed by atoms with van der Waals surface area (Å²) in [5, 5.41) is 4.19. The average molecular weight is 343 g/mol. The summed E-state index contributed by atoms with van der Waals surface area (Å²) in [5.74, 6) is 0.432. The third-order valence-electron chi connectivity index (χ3n) is 4.56. The zero-order chi connectivity index (χ0) is 18.1. The number of benzene rings is 3. The topological polar surface area (TPSA) is 55.4 Å². The highest BCUT2D eigenvalue weighted by molar-refractivity contribution is 6.03. The summed E-state index contributed by atoms with van der Waals surface area (Å²) in [6.45, 7) is 0.581. The Morgan fingerprint density at radius 1 is 0.885 bits per heavy atom. The predicted molar refractivity (Wildman–Crippen MR) is 105 cm³/mol. The number of methoxy groups -OCH3 is 1. The van der Waals surface area contributed by atoms with Gasteiger partial charge in [0, 0.05) is 17.5 Å². The van der Waals surface area contributed by atoms with Crippen molar-refractivity contribution in [3.8, 4) is 16.9 Å². The van der Waals surface area contributed by atoms with Gasteiger partial charge in [0.05, 0.1) is 18.2 Å². The number of anilines is 1. The van der Waals surface area contributed by atoms with Gasteiger partial charge in [-0.3, -0.25) is 9.59 Å². The Morgan fingerprint density at radius 2 is 1.54 bits per heavy atom. The van der Waals surface area contributed by atoms with Crippen LogP contribution < -0.4 is 20.9 Å². The van der Waals surface area contributed by atoms with E-state index >= 15 is 0 Å². The van der Waals surface area contributed by atoms with Gasteiger partial charge < -0.3 is 10.1 Å². The smallest absolute Gasteiger partial charge is 0.238 e. The molecule has 0 aliphatic carbocycles. The maximum atomic E-state index is 12.0. The Morgan fingerprint density at radius 3 is 2.19 bits per heavy atom. The van der Waals surface area contributed by atoms with E-state index in [1.54, 1.807) is 6.07 Å². The molecule has 26 heavy (non-hydrogen) atoms. The Kier molecular flexibility index (Phi) is 4.01. The molecular weight excluding hydrogens is 326 g/mol. The number of fused-ring (bicyclic) bond motifs is 1. The van der Waals surface area contributed by atoms with Gasteiger partial charge in [0.15, 0.2) is 5.75 Å². The van der Waals surface area contributed by atoms with Crippen LogP contribution in [0.25, 0.3) is 21.9 Å². The van der Waals surface area contributed by atoms with Gasteiger partial charge in [-0.2, -0.15) is 0 Å². The first-order valence-electron chi connectivity index (χ1n) is 8.38. The van der Waals surface area contributed by atoms with Gasteiger partial charge >= 0.3 is 0 Å². The van der Waals surface area contributed by atoms with E-state index < -0.39 is 10.9 Å². The van der Waals surface area contributed by atoms with E-state index in [0.717, 1.165) is 22.4 Å². The maximum Gasteiger partial charge on any atom is 0.238 e. The highest BCUT2D eigenvalue weighted by atomic mass is 16.5. The van der Waals surface area contributed by atoms with Crippen molar-refractivity contribution in [1.29, 1.82) is 0 Å². The lowest BCUT2D eigenvalue weighted by atomic mass is 9.94. The first kappa shape index (κ1) is 16.1. The van der Waals surface area contributed by atoms with Crippen LogP contribution in [0.4, 0.5) is 5.69 Å². The number of hydrogen-bond acceptors (Lipinski definition) is 4. The molecule has 0 aliphatic rings. The van der Waals surface area contributed by atoms with Crippen LogP contribution in [0.5, 0.6) is 5.75 Å². The Bertz CT molecular complexity index is 1140. The molecule has 1 N–H and O–H groups in total. The fourth-order valence-electron chi connectivity index (χ4n) is 3.25. The first-order chi connectivity index (χ1) is 12.7. The van der Waals surface area contributed by atoms with E-state index in [0.29, 0.717) is 23.1 Å². The molecule has 4 heteroatoms. The van der Waals surface area contributed by atoms with Crippen molar-refractivity contribution in [2.24, 2.45) is 0 Å². The van der Waals surface area contributed by atoms with E-state index in [2.05, 4.69) is 5.32 Å². The summed E-state index contributed by atoms with van der Waals surface area (Å²) >= 11 is 0. The normalized spacial score (nSPS) is 11.0. The molecule has 4 aromatic rings. The van der Waals surface area contributed by atoms with Crippen molar-refractivity contribution < 1.29 is 4.74 Å². The quantitative estimate of drug-likeness (QED) is 0.561. The number of ether oxygens (including phenoxy) is 1. The Balaban J connectivity index is 1.89. The van der Waals surface area contributed by atoms with E-state index in [1.165, 1.54) is 7.11 Å². The molecule has 0 aromatic heterocycles. The first-order valence-corrected chi connectivity index (χ1v) is 8.38. The molecule has 0 unspecified atom stereocenters. The molecule has 0 aliphatic heterocycles. The minimum atomic E-state index is -0.487. The lowest BCUT2D eigenvalue weighted by Crippen LogP contribution is -2.31. The summed E-state index contributed by atoms with van der Waals surface area (Å²) in [6.07, 6.45) is 0. The molecule has 0 saturated carbocycles. The second-order valence-corrected chi connectivity index (χ2v) is 6.12. The lowest BCUT2D eigenvalue weighted by Gasteiger charge is -2.19. The number of rotatable bonds is 5. The molecule has 4 aromatic carbocycles. The molecule has 0 amide bonds. The third-order valence-corrected chi connectivity index (χ3v) is 4.56. The molecule has 0 spiro atoms. The van der Waals surface area contributed by atoms with Gasteiger partial charge in [-0.15, -0.1) is 0 Å². The molecule has 4 rings (SSSR count). The van der Waals surface area contributed by atoms with Crippen LogP contribution in [0.2, 0.25) is 0 Å². The second kappa shape index (κ2) is 6.48. The van der Waals surface area contributed by atoms with Crippen molar-refractivity contribution in [3.63, 3.8) is 0 Å². The zero-order valence-corrected chi connectivity index (χ0v) is 14.3. The van der Waals surface area contributed by atoms with Crippen LogP contribution >= 0.6 is 0 Å². The SMILES string of the molecule is COc1c(NCc2ccccc2)c(-c2ccccc2)cc2c(=O)c(=O)c12. The van der Waals surface area contributed by atoms with Gasteiger partial charge in [-0.1, -0.05) is 60.7 Å². The minimum Gasteiger partial charge on any atom is -0.494 e. The van der Waals surface area contributed by atoms with Gasteiger partial charge in [0.2, 0.25) is 10.9 Å². The summed E-state index contributed by atoms with van der Waals surface area (Å²) < 4.78 is 5.54. The maximum absolute atomic E-state index is 12.0. The van der Waals surface area contributed by atoms with E-state index in [1.807, 2.05) is 60.7 Å². The van der Waals surface area contributed by atoms with Crippen LogP contribution in [-0.4, -0.2) is 7.11 Å². The highest BCUT2D eigenvalue weighted by Gasteiger charge is 2.23.